The van der Waals surface area contributed by atoms with Crippen molar-refractivity contribution in [3.63, 3.8) is 0 Å². The number of carbonyl (C=O) groups is 1. The van der Waals surface area contributed by atoms with E-state index in [0.717, 1.165) is 0 Å². The largest absolute Gasteiger partial charge is 0.394 e. The number of amides is 1. The lowest BCUT2D eigenvalue weighted by Gasteiger charge is -2.10. The summed E-state index contributed by atoms with van der Waals surface area (Å²) in [5, 5.41) is 11.4. The van der Waals surface area contributed by atoms with E-state index in [1.54, 1.807) is 0 Å². The van der Waals surface area contributed by atoms with Crippen LogP contribution in [-0.4, -0.2) is 30.3 Å². The Morgan fingerprint density at radius 3 is 2.82 bits per heavy atom. The maximum absolute atomic E-state index is 12.1. The first-order valence-electron chi connectivity index (χ1n) is 3.76. The highest BCUT2D eigenvalue weighted by Gasteiger charge is 2.62. The SMILES string of the molecule is O=C1N[C@H](CO)[C@@H]2C1[C@H]2CF. The van der Waals surface area contributed by atoms with Crippen molar-refractivity contribution in [2.24, 2.45) is 17.8 Å². The second-order valence-corrected chi connectivity index (χ2v) is 3.22. The molecule has 62 valence electrons. The van der Waals surface area contributed by atoms with Crippen LogP contribution in [0.4, 0.5) is 4.39 Å². The molecule has 0 aromatic heterocycles. The molecular weight excluding hydrogens is 149 g/mol. The third kappa shape index (κ3) is 0.788. The Kier molecular flexibility index (Phi) is 1.39. The van der Waals surface area contributed by atoms with Crippen LogP contribution in [-0.2, 0) is 4.79 Å². The smallest absolute Gasteiger partial charge is 0.224 e. The number of hydrogen-bond acceptors (Lipinski definition) is 2. The summed E-state index contributed by atoms with van der Waals surface area (Å²) in [5.41, 5.74) is 0. The molecule has 0 radical (unpaired) electrons. The summed E-state index contributed by atoms with van der Waals surface area (Å²) in [7, 11) is 0. The fourth-order valence-electron chi connectivity index (χ4n) is 2.06. The Hall–Kier alpha value is -0.640. The molecule has 1 aliphatic carbocycles. The second kappa shape index (κ2) is 2.17. The zero-order valence-corrected chi connectivity index (χ0v) is 5.96. The first-order valence-corrected chi connectivity index (χ1v) is 3.76. The van der Waals surface area contributed by atoms with Gasteiger partial charge in [-0.1, -0.05) is 0 Å². The molecule has 1 unspecified atom stereocenters. The highest BCUT2D eigenvalue weighted by Crippen LogP contribution is 2.52. The number of nitrogens with one attached hydrogen (secondary N) is 1. The first-order chi connectivity index (χ1) is 5.29. The number of piperidine rings is 1. The van der Waals surface area contributed by atoms with Crippen molar-refractivity contribution in [2.75, 3.05) is 13.3 Å². The Morgan fingerprint density at radius 2 is 2.36 bits per heavy atom. The molecule has 1 saturated heterocycles. The monoisotopic (exact) mass is 159 g/mol. The van der Waals surface area contributed by atoms with Crippen molar-refractivity contribution in [3.05, 3.63) is 0 Å². The summed E-state index contributed by atoms with van der Waals surface area (Å²) in [4.78, 5) is 11.0. The van der Waals surface area contributed by atoms with E-state index in [0.29, 0.717) is 0 Å². The average Bonchev–Trinajstić information content (AvgIpc) is 2.65. The molecule has 3 nitrogen and oxygen atoms in total. The Morgan fingerprint density at radius 1 is 1.64 bits per heavy atom. The van der Waals surface area contributed by atoms with E-state index in [4.69, 9.17) is 5.11 Å². The fourth-order valence-corrected chi connectivity index (χ4v) is 2.06. The minimum atomic E-state index is -0.431. The Labute approximate surface area is 63.6 Å². The minimum absolute atomic E-state index is 0.0661. The van der Waals surface area contributed by atoms with Gasteiger partial charge < -0.3 is 10.4 Å². The van der Waals surface area contributed by atoms with Crippen LogP contribution >= 0.6 is 0 Å². The summed E-state index contributed by atoms with van der Waals surface area (Å²) >= 11 is 0. The minimum Gasteiger partial charge on any atom is -0.394 e. The number of halogens is 1. The highest BCUT2D eigenvalue weighted by atomic mass is 19.1. The summed E-state index contributed by atoms with van der Waals surface area (Å²) in [6.07, 6.45) is 0. The predicted molar refractivity (Wildman–Crippen MR) is 35.5 cm³/mol. The van der Waals surface area contributed by atoms with Crippen molar-refractivity contribution in [1.82, 2.24) is 5.32 Å². The molecule has 1 saturated carbocycles. The van der Waals surface area contributed by atoms with Gasteiger partial charge in [-0.3, -0.25) is 9.18 Å². The third-order valence-corrected chi connectivity index (χ3v) is 2.70. The summed E-state index contributed by atoms with van der Waals surface area (Å²) in [6.45, 7) is -0.497. The molecule has 0 spiro atoms. The van der Waals surface area contributed by atoms with Crippen LogP contribution in [0.5, 0.6) is 0 Å². The van der Waals surface area contributed by atoms with Gasteiger partial charge in [0.15, 0.2) is 0 Å². The molecule has 2 aliphatic rings. The van der Waals surface area contributed by atoms with Crippen molar-refractivity contribution < 1.29 is 14.3 Å². The predicted octanol–water partition coefficient (Wildman–Crippen LogP) is -0.691. The van der Waals surface area contributed by atoms with Gasteiger partial charge in [0.1, 0.15) is 0 Å². The number of hydrogen-bond donors (Lipinski definition) is 2. The van der Waals surface area contributed by atoms with E-state index in [1.807, 2.05) is 0 Å². The first kappa shape index (κ1) is 7.03. The van der Waals surface area contributed by atoms with Gasteiger partial charge in [0, 0.05) is 11.8 Å². The van der Waals surface area contributed by atoms with Gasteiger partial charge in [0.2, 0.25) is 5.91 Å². The van der Waals surface area contributed by atoms with Crippen molar-refractivity contribution in [3.8, 4) is 0 Å². The quantitative estimate of drug-likeness (QED) is 0.560. The van der Waals surface area contributed by atoms with E-state index in [1.165, 1.54) is 0 Å². The molecule has 2 fully saturated rings. The molecule has 0 aromatic carbocycles. The number of rotatable bonds is 2. The lowest BCUT2D eigenvalue weighted by molar-refractivity contribution is -0.121. The molecule has 4 atom stereocenters. The van der Waals surface area contributed by atoms with E-state index in [-0.39, 0.29) is 36.3 Å². The van der Waals surface area contributed by atoms with E-state index < -0.39 is 6.67 Å². The lowest BCUT2D eigenvalue weighted by Crippen LogP contribution is -2.35. The zero-order chi connectivity index (χ0) is 8.01. The average molecular weight is 159 g/mol. The molecule has 4 heteroatoms. The topological polar surface area (TPSA) is 49.3 Å². The van der Waals surface area contributed by atoms with Gasteiger partial charge >= 0.3 is 0 Å². The zero-order valence-electron chi connectivity index (χ0n) is 5.96. The van der Waals surface area contributed by atoms with Gasteiger partial charge in [0.05, 0.1) is 19.3 Å². The molecule has 2 N–H and O–H groups in total. The molecule has 11 heavy (non-hydrogen) atoms. The molecular formula is C7H10FNO2. The number of aliphatic hydroxyl groups is 1. The number of aliphatic hydroxyl groups excluding tert-OH is 1. The Balaban J connectivity index is 2.06. The van der Waals surface area contributed by atoms with Crippen LogP contribution in [0.2, 0.25) is 0 Å². The number of alkyl halides is 1. The molecule has 1 amide bonds. The van der Waals surface area contributed by atoms with Crippen LogP contribution in [0.3, 0.4) is 0 Å². The van der Waals surface area contributed by atoms with Gasteiger partial charge in [0.25, 0.3) is 0 Å². The van der Waals surface area contributed by atoms with E-state index >= 15 is 0 Å². The van der Waals surface area contributed by atoms with E-state index in [9.17, 15) is 9.18 Å². The normalized spacial score (nSPS) is 46.9. The van der Waals surface area contributed by atoms with Crippen molar-refractivity contribution in [1.29, 1.82) is 0 Å². The van der Waals surface area contributed by atoms with Crippen LogP contribution in [0.1, 0.15) is 0 Å². The summed E-state index contributed by atoms with van der Waals surface area (Å²) < 4.78 is 12.1. The van der Waals surface area contributed by atoms with Crippen molar-refractivity contribution >= 4 is 5.91 Å². The lowest BCUT2D eigenvalue weighted by atomic mass is 10.2. The van der Waals surface area contributed by atoms with Gasteiger partial charge in [-0.15, -0.1) is 0 Å². The van der Waals surface area contributed by atoms with Crippen LogP contribution < -0.4 is 5.32 Å². The molecule has 1 aliphatic heterocycles. The van der Waals surface area contributed by atoms with Gasteiger partial charge in [-0.2, -0.15) is 0 Å². The van der Waals surface area contributed by atoms with Gasteiger partial charge in [-0.05, 0) is 5.92 Å². The maximum atomic E-state index is 12.1. The molecule has 1 heterocycles. The van der Waals surface area contributed by atoms with E-state index in [2.05, 4.69) is 5.32 Å². The molecule has 0 bridgehead atoms. The highest BCUT2D eigenvalue weighted by molar-refractivity contribution is 5.85. The fraction of sp³-hybridized carbons (Fsp3) is 0.857. The maximum Gasteiger partial charge on any atom is 0.224 e. The molecule has 0 aromatic rings. The van der Waals surface area contributed by atoms with Crippen LogP contribution in [0, 0.1) is 17.8 Å². The number of fused-ring (bicyclic) bond motifs is 1. The second-order valence-electron chi connectivity index (χ2n) is 3.22. The number of carbonyl (C=O) groups excluding carboxylic acids is 1. The summed E-state index contributed by atoms with van der Waals surface area (Å²) in [6, 6.07) is -0.187. The summed E-state index contributed by atoms with van der Waals surface area (Å²) in [5.74, 6) is -0.271. The third-order valence-electron chi connectivity index (χ3n) is 2.70. The van der Waals surface area contributed by atoms with Crippen molar-refractivity contribution in [2.45, 2.75) is 6.04 Å². The standard InChI is InChI=1S/C7H10FNO2/c8-1-3-5-4(2-10)9-7(11)6(3)5/h3-6,10H,1-2H2,(H,9,11)/t3-,4+,5+,6?/m0/s1. The van der Waals surface area contributed by atoms with Crippen LogP contribution in [0.15, 0.2) is 0 Å². The Bertz CT molecular complexity index is 197. The molecule has 2 rings (SSSR count). The van der Waals surface area contributed by atoms with Gasteiger partial charge in [-0.25, -0.2) is 0 Å². The van der Waals surface area contributed by atoms with Crippen LogP contribution in [0.25, 0.3) is 0 Å².